The van der Waals surface area contributed by atoms with Crippen molar-refractivity contribution < 1.29 is 4.42 Å². The minimum atomic E-state index is 0.499. The maximum atomic E-state index is 5.70. The Balaban J connectivity index is 2.20. The van der Waals surface area contributed by atoms with E-state index in [1.165, 1.54) is 0 Å². The summed E-state index contributed by atoms with van der Waals surface area (Å²) in [5.74, 6) is 2.47. The van der Waals surface area contributed by atoms with Gasteiger partial charge in [0.25, 0.3) is 0 Å². The summed E-state index contributed by atoms with van der Waals surface area (Å²) in [6.45, 7) is 6.23. The summed E-state index contributed by atoms with van der Waals surface area (Å²) in [4.78, 5) is 4.46. The lowest BCUT2D eigenvalue weighted by Gasteiger charge is -2.00. The quantitative estimate of drug-likeness (QED) is 0.751. The van der Waals surface area contributed by atoms with Gasteiger partial charge in [-0.1, -0.05) is 6.92 Å². The molecule has 3 heteroatoms. The summed E-state index contributed by atoms with van der Waals surface area (Å²) < 4.78 is 5.70. The number of hydrogen-bond acceptors (Lipinski definition) is 3. The zero-order valence-electron chi connectivity index (χ0n) is 8.26. The molecule has 0 saturated carbocycles. The van der Waals surface area contributed by atoms with E-state index in [4.69, 9.17) is 4.42 Å². The van der Waals surface area contributed by atoms with E-state index >= 15 is 0 Å². The van der Waals surface area contributed by atoms with Crippen LogP contribution in [0, 0.1) is 6.92 Å². The zero-order chi connectivity index (χ0) is 9.26. The van der Waals surface area contributed by atoms with Gasteiger partial charge in [0.15, 0.2) is 5.89 Å². The fourth-order valence-corrected chi connectivity index (χ4v) is 1.82. The monoisotopic (exact) mass is 180 g/mol. The summed E-state index contributed by atoms with van der Waals surface area (Å²) in [6.07, 6.45) is 2.10. The molecule has 0 bridgehead atoms. The summed E-state index contributed by atoms with van der Waals surface area (Å²) in [5.41, 5.74) is 1.06. The van der Waals surface area contributed by atoms with E-state index in [1.807, 2.05) is 6.92 Å². The highest BCUT2D eigenvalue weighted by molar-refractivity contribution is 5.10. The van der Waals surface area contributed by atoms with Crippen molar-refractivity contribution in [3.05, 3.63) is 17.3 Å². The molecule has 1 atom stereocenters. The second-order valence-corrected chi connectivity index (χ2v) is 3.60. The van der Waals surface area contributed by atoms with Gasteiger partial charge in [-0.15, -0.1) is 0 Å². The molecule has 1 aliphatic heterocycles. The molecule has 1 saturated heterocycles. The molecule has 0 aromatic carbocycles. The number of rotatable bonds is 2. The molecule has 13 heavy (non-hydrogen) atoms. The molecule has 0 radical (unpaired) electrons. The van der Waals surface area contributed by atoms with Gasteiger partial charge in [-0.3, -0.25) is 0 Å². The van der Waals surface area contributed by atoms with Crippen LogP contribution in [0.4, 0.5) is 0 Å². The Morgan fingerprint density at radius 2 is 2.46 bits per heavy atom. The summed E-state index contributed by atoms with van der Waals surface area (Å²) in [6, 6.07) is 0. The molecule has 2 rings (SSSR count). The Kier molecular flexibility index (Phi) is 2.36. The van der Waals surface area contributed by atoms with Gasteiger partial charge in [0.2, 0.25) is 0 Å². The maximum absolute atomic E-state index is 5.70. The Labute approximate surface area is 78.5 Å². The first-order valence-corrected chi connectivity index (χ1v) is 4.98. The van der Waals surface area contributed by atoms with E-state index in [1.54, 1.807) is 0 Å². The normalized spacial score (nSPS) is 22.5. The molecular formula is C10H16N2O. The number of aromatic nitrogens is 1. The van der Waals surface area contributed by atoms with Crippen LogP contribution < -0.4 is 5.32 Å². The van der Waals surface area contributed by atoms with Gasteiger partial charge in [-0.2, -0.15) is 0 Å². The van der Waals surface area contributed by atoms with Crippen molar-refractivity contribution in [2.75, 3.05) is 13.1 Å². The number of oxazole rings is 1. The van der Waals surface area contributed by atoms with Crippen LogP contribution in [0.3, 0.4) is 0 Å². The Bertz CT molecular complexity index is 287. The van der Waals surface area contributed by atoms with Gasteiger partial charge in [0, 0.05) is 18.9 Å². The molecule has 1 fully saturated rings. The van der Waals surface area contributed by atoms with Crippen molar-refractivity contribution in [1.82, 2.24) is 10.3 Å². The molecule has 3 nitrogen and oxygen atoms in total. The minimum Gasteiger partial charge on any atom is -0.445 e. The first kappa shape index (κ1) is 8.75. The SMILES string of the molecule is CCc1oc(C2CCNC2)nc1C. The molecule has 1 N–H and O–H groups in total. The lowest BCUT2D eigenvalue weighted by atomic mass is 10.1. The third-order valence-electron chi connectivity index (χ3n) is 2.64. The van der Waals surface area contributed by atoms with Crippen LogP contribution in [0.5, 0.6) is 0 Å². The molecule has 0 spiro atoms. The minimum absolute atomic E-state index is 0.499. The Morgan fingerprint density at radius 1 is 1.62 bits per heavy atom. The van der Waals surface area contributed by atoms with Crippen LogP contribution in [0.25, 0.3) is 0 Å². The van der Waals surface area contributed by atoms with Gasteiger partial charge in [-0.05, 0) is 19.9 Å². The van der Waals surface area contributed by atoms with Crippen LogP contribution in [0.15, 0.2) is 4.42 Å². The molecule has 1 aliphatic rings. The first-order valence-electron chi connectivity index (χ1n) is 4.98. The highest BCUT2D eigenvalue weighted by atomic mass is 16.4. The summed E-state index contributed by atoms with van der Waals surface area (Å²) in [7, 11) is 0. The molecule has 1 aromatic heterocycles. The van der Waals surface area contributed by atoms with E-state index in [0.29, 0.717) is 5.92 Å². The third-order valence-corrected chi connectivity index (χ3v) is 2.64. The van der Waals surface area contributed by atoms with Gasteiger partial charge >= 0.3 is 0 Å². The molecule has 2 heterocycles. The van der Waals surface area contributed by atoms with Crippen LogP contribution in [0.2, 0.25) is 0 Å². The van der Waals surface area contributed by atoms with Gasteiger partial charge in [0.1, 0.15) is 5.76 Å². The molecule has 1 aromatic rings. The molecule has 1 unspecified atom stereocenters. The van der Waals surface area contributed by atoms with Gasteiger partial charge < -0.3 is 9.73 Å². The topological polar surface area (TPSA) is 38.1 Å². The highest BCUT2D eigenvalue weighted by Crippen LogP contribution is 2.23. The van der Waals surface area contributed by atoms with Crippen LogP contribution in [-0.4, -0.2) is 18.1 Å². The standard InChI is InChI=1S/C10H16N2O/c1-3-9-7(2)12-10(13-9)8-4-5-11-6-8/h8,11H,3-6H2,1-2H3. The molecular weight excluding hydrogens is 164 g/mol. The zero-order valence-corrected chi connectivity index (χ0v) is 8.26. The maximum Gasteiger partial charge on any atom is 0.199 e. The highest BCUT2D eigenvalue weighted by Gasteiger charge is 2.22. The van der Waals surface area contributed by atoms with Crippen molar-refractivity contribution >= 4 is 0 Å². The van der Waals surface area contributed by atoms with Crippen LogP contribution in [-0.2, 0) is 6.42 Å². The number of aryl methyl sites for hydroxylation is 2. The first-order chi connectivity index (χ1) is 6.31. The van der Waals surface area contributed by atoms with Crippen molar-refractivity contribution in [3.63, 3.8) is 0 Å². The van der Waals surface area contributed by atoms with Crippen LogP contribution >= 0.6 is 0 Å². The summed E-state index contributed by atoms with van der Waals surface area (Å²) in [5, 5.41) is 3.32. The van der Waals surface area contributed by atoms with Crippen molar-refractivity contribution in [3.8, 4) is 0 Å². The van der Waals surface area contributed by atoms with E-state index < -0.39 is 0 Å². The third kappa shape index (κ3) is 1.61. The van der Waals surface area contributed by atoms with E-state index in [2.05, 4.69) is 17.2 Å². The number of nitrogens with one attached hydrogen (secondary N) is 1. The Morgan fingerprint density at radius 3 is 3.00 bits per heavy atom. The van der Waals surface area contributed by atoms with E-state index in [-0.39, 0.29) is 0 Å². The lowest BCUT2D eigenvalue weighted by Crippen LogP contribution is -2.08. The second kappa shape index (κ2) is 3.50. The average molecular weight is 180 g/mol. The fourth-order valence-electron chi connectivity index (χ4n) is 1.82. The lowest BCUT2D eigenvalue weighted by molar-refractivity contribution is 0.429. The van der Waals surface area contributed by atoms with Gasteiger partial charge in [-0.25, -0.2) is 4.98 Å². The molecule has 0 amide bonds. The van der Waals surface area contributed by atoms with Crippen molar-refractivity contribution in [2.24, 2.45) is 0 Å². The van der Waals surface area contributed by atoms with E-state index in [0.717, 1.165) is 43.3 Å². The predicted molar refractivity (Wildman–Crippen MR) is 50.8 cm³/mol. The Hall–Kier alpha value is -0.830. The fraction of sp³-hybridized carbons (Fsp3) is 0.700. The van der Waals surface area contributed by atoms with Crippen molar-refractivity contribution in [1.29, 1.82) is 0 Å². The predicted octanol–water partition coefficient (Wildman–Crippen LogP) is 1.62. The van der Waals surface area contributed by atoms with E-state index in [9.17, 15) is 0 Å². The second-order valence-electron chi connectivity index (χ2n) is 3.60. The average Bonchev–Trinajstić information content (AvgIpc) is 2.71. The molecule has 0 aliphatic carbocycles. The number of hydrogen-bond donors (Lipinski definition) is 1. The number of nitrogens with zero attached hydrogens (tertiary/aromatic N) is 1. The van der Waals surface area contributed by atoms with Crippen molar-refractivity contribution in [2.45, 2.75) is 32.6 Å². The smallest absolute Gasteiger partial charge is 0.199 e. The largest absolute Gasteiger partial charge is 0.445 e. The van der Waals surface area contributed by atoms with Crippen LogP contribution in [0.1, 0.15) is 36.6 Å². The molecule has 72 valence electrons. The van der Waals surface area contributed by atoms with Gasteiger partial charge in [0.05, 0.1) is 5.69 Å². The summed E-state index contributed by atoms with van der Waals surface area (Å²) >= 11 is 0.